The molecular weight excluding hydrogens is 612 g/mol. The molecule has 0 aliphatic heterocycles. The lowest BCUT2D eigenvalue weighted by Gasteiger charge is -2.22. The first-order valence-corrected chi connectivity index (χ1v) is 16.7. The van der Waals surface area contributed by atoms with Crippen LogP contribution >= 0.6 is 11.6 Å². The van der Waals surface area contributed by atoms with Crippen molar-refractivity contribution in [1.82, 2.24) is 20.4 Å². The third-order valence-electron chi connectivity index (χ3n) is 7.03. The number of ketones is 1. The molecule has 4 rings (SSSR count). The average molecular weight is 663 g/mol. The minimum atomic E-state index is -0.553. The fourth-order valence-electron chi connectivity index (χ4n) is 4.40. The Morgan fingerprint density at radius 1 is 0.915 bits per heavy atom. The maximum absolute atomic E-state index is 13.3. The zero-order valence-electron chi connectivity index (χ0n) is 29.1. The lowest BCUT2D eigenvalue weighted by Crippen LogP contribution is -2.38. The first kappa shape index (κ1) is 39.2. The molecule has 9 heteroatoms. The second-order valence-corrected chi connectivity index (χ2v) is 12.8. The zero-order chi connectivity index (χ0) is 35.0. The number of carbonyl (C=O) groups is 2. The van der Waals surface area contributed by atoms with Gasteiger partial charge < -0.3 is 15.4 Å². The van der Waals surface area contributed by atoms with E-state index in [1.807, 2.05) is 97.0 Å². The van der Waals surface area contributed by atoms with Gasteiger partial charge in [0.05, 0.1) is 17.6 Å². The first-order chi connectivity index (χ1) is 22.3. The molecule has 0 radical (unpaired) electrons. The highest BCUT2D eigenvalue weighted by atomic mass is 35.5. The Hall–Kier alpha value is -4.01. The van der Waals surface area contributed by atoms with Crippen molar-refractivity contribution in [2.45, 2.75) is 93.0 Å². The third kappa shape index (κ3) is 14.1. The number of aromatic nitrogens is 2. The Morgan fingerprint density at radius 2 is 1.49 bits per heavy atom. The summed E-state index contributed by atoms with van der Waals surface area (Å²) in [4.78, 5) is 35.6. The number of fused-ring (bicyclic) bond motifs is 1. The van der Waals surface area contributed by atoms with Crippen LogP contribution in [0, 0.1) is 5.92 Å². The van der Waals surface area contributed by atoms with Gasteiger partial charge in [0.25, 0.3) is 5.56 Å². The number of nitrogens with zero attached hydrogens (tertiary/aromatic N) is 2. The third-order valence-corrected chi connectivity index (χ3v) is 7.27. The van der Waals surface area contributed by atoms with Crippen molar-refractivity contribution in [3.8, 4) is 0 Å². The van der Waals surface area contributed by atoms with Crippen LogP contribution in [0.25, 0.3) is 10.8 Å². The monoisotopic (exact) mass is 662 g/mol. The molecule has 1 aromatic heterocycles. The number of alkyl carbamates (subject to hydrolysis) is 1. The van der Waals surface area contributed by atoms with E-state index in [9.17, 15) is 14.4 Å². The van der Waals surface area contributed by atoms with Crippen LogP contribution in [0.15, 0.2) is 83.7 Å². The van der Waals surface area contributed by atoms with E-state index in [1.54, 1.807) is 25.1 Å². The standard InChI is InChI=1S/C31H35ClN4O3.C5H10O.C2H6/c1-31(2,3)39-30(38)33-17-16-25(18-22-10-6-4-7-11-22)34-20-28-27-19-24(32)14-15-26(27)29(37)36(35-28)21-23-12-8-5-9-13-23;1-4(2)5(3)6;1-2/h4-15,19,25,34H,16-18,20-21H2,1-3H3,(H,33,38);4H,1-3H3;1-2H3. The van der Waals surface area contributed by atoms with Crippen molar-refractivity contribution < 1.29 is 14.3 Å². The van der Waals surface area contributed by atoms with E-state index in [1.165, 1.54) is 10.2 Å². The summed E-state index contributed by atoms with van der Waals surface area (Å²) in [6, 6.07) is 25.3. The van der Waals surface area contributed by atoms with Crippen molar-refractivity contribution in [2.24, 2.45) is 5.92 Å². The number of ether oxygens (including phenoxy) is 1. The molecule has 0 aliphatic rings. The molecule has 1 heterocycles. The fourth-order valence-corrected chi connectivity index (χ4v) is 4.57. The van der Waals surface area contributed by atoms with Gasteiger partial charge in [-0.25, -0.2) is 9.48 Å². The van der Waals surface area contributed by atoms with Crippen molar-refractivity contribution in [3.63, 3.8) is 0 Å². The van der Waals surface area contributed by atoms with Crippen LogP contribution in [0.3, 0.4) is 0 Å². The number of hydrogen-bond acceptors (Lipinski definition) is 6. The Bertz CT molecular complexity index is 1600. The highest BCUT2D eigenvalue weighted by molar-refractivity contribution is 6.31. The van der Waals surface area contributed by atoms with E-state index in [4.69, 9.17) is 21.4 Å². The molecule has 1 amide bonds. The van der Waals surface area contributed by atoms with Gasteiger partial charge in [-0.1, -0.05) is 100.0 Å². The van der Waals surface area contributed by atoms with Crippen molar-refractivity contribution in [1.29, 1.82) is 0 Å². The molecule has 2 N–H and O–H groups in total. The second-order valence-electron chi connectivity index (χ2n) is 12.3. The van der Waals surface area contributed by atoms with Crippen LogP contribution in [0.2, 0.25) is 5.02 Å². The number of Topliss-reactive ketones (excluding diaryl/α,β-unsaturated/α-hetero) is 1. The summed E-state index contributed by atoms with van der Waals surface area (Å²) in [5, 5.41) is 13.1. The summed E-state index contributed by atoms with van der Waals surface area (Å²) in [6.45, 7) is 16.2. The Balaban J connectivity index is 0.000000863. The van der Waals surface area contributed by atoms with Gasteiger partial charge in [0, 0.05) is 35.5 Å². The van der Waals surface area contributed by atoms with Crippen LogP contribution < -0.4 is 16.2 Å². The van der Waals surface area contributed by atoms with E-state index >= 15 is 0 Å². The zero-order valence-corrected chi connectivity index (χ0v) is 29.9. The quantitative estimate of drug-likeness (QED) is 0.169. The average Bonchev–Trinajstić information content (AvgIpc) is 3.03. The smallest absolute Gasteiger partial charge is 0.407 e. The molecule has 0 saturated heterocycles. The van der Waals surface area contributed by atoms with Gasteiger partial charge in [0.2, 0.25) is 0 Å². The summed E-state index contributed by atoms with van der Waals surface area (Å²) < 4.78 is 6.89. The molecule has 4 aromatic rings. The minimum Gasteiger partial charge on any atom is -0.444 e. The lowest BCUT2D eigenvalue weighted by atomic mass is 10.0. The molecule has 8 nitrogen and oxygen atoms in total. The van der Waals surface area contributed by atoms with Gasteiger partial charge in [-0.3, -0.25) is 9.59 Å². The largest absolute Gasteiger partial charge is 0.444 e. The van der Waals surface area contributed by atoms with Crippen LogP contribution in [-0.2, 0) is 29.0 Å². The second kappa shape index (κ2) is 19.6. The predicted molar refractivity (Wildman–Crippen MR) is 193 cm³/mol. The summed E-state index contributed by atoms with van der Waals surface area (Å²) in [5.74, 6) is 0.472. The lowest BCUT2D eigenvalue weighted by molar-refractivity contribution is -0.119. The van der Waals surface area contributed by atoms with Gasteiger partial charge in [0.15, 0.2) is 0 Å². The van der Waals surface area contributed by atoms with Gasteiger partial charge in [-0.2, -0.15) is 5.10 Å². The number of amides is 1. The molecule has 0 spiro atoms. The molecule has 1 atom stereocenters. The SMILES string of the molecule is CC.CC(=O)C(C)C.CC(C)(C)OC(=O)NCCC(Cc1ccccc1)NCc1nn(Cc2ccccc2)c(=O)c2ccc(Cl)cc12. The van der Waals surface area contributed by atoms with E-state index in [0.29, 0.717) is 36.5 Å². The molecule has 0 bridgehead atoms. The normalized spacial score (nSPS) is 11.5. The van der Waals surface area contributed by atoms with Crippen LogP contribution in [0.4, 0.5) is 4.79 Å². The maximum atomic E-state index is 13.3. The molecule has 47 heavy (non-hydrogen) atoms. The van der Waals surface area contributed by atoms with E-state index in [0.717, 1.165) is 23.1 Å². The van der Waals surface area contributed by atoms with E-state index in [-0.39, 0.29) is 23.3 Å². The maximum Gasteiger partial charge on any atom is 0.407 e. The topological polar surface area (TPSA) is 102 Å². The summed E-state index contributed by atoms with van der Waals surface area (Å²) in [7, 11) is 0. The summed E-state index contributed by atoms with van der Waals surface area (Å²) in [5.41, 5.74) is 2.21. The number of benzene rings is 3. The number of nitrogens with one attached hydrogen (secondary N) is 2. The molecule has 0 fully saturated rings. The van der Waals surface area contributed by atoms with Crippen molar-refractivity contribution in [2.75, 3.05) is 6.54 Å². The number of rotatable bonds is 11. The fraction of sp³-hybridized carbons (Fsp3) is 0.421. The van der Waals surface area contributed by atoms with Gasteiger partial charge in [0.1, 0.15) is 11.4 Å². The first-order valence-electron chi connectivity index (χ1n) is 16.3. The number of carbonyl (C=O) groups excluding carboxylic acids is 2. The minimum absolute atomic E-state index is 0.0351. The van der Waals surface area contributed by atoms with Crippen LogP contribution in [0.1, 0.15) is 78.6 Å². The molecule has 0 aliphatic carbocycles. The molecular formula is C38H51ClN4O4. The number of hydrogen-bond donors (Lipinski definition) is 2. The summed E-state index contributed by atoms with van der Waals surface area (Å²) in [6.07, 6.45) is 1.01. The molecule has 254 valence electrons. The molecule has 3 aromatic carbocycles. The van der Waals surface area contributed by atoms with Gasteiger partial charge in [-0.15, -0.1) is 0 Å². The highest BCUT2D eigenvalue weighted by Crippen LogP contribution is 2.20. The summed E-state index contributed by atoms with van der Waals surface area (Å²) >= 11 is 6.32. The van der Waals surface area contributed by atoms with Crippen LogP contribution in [0.5, 0.6) is 0 Å². The Morgan fingerprint density at radius 3 is 2.04 bits per heavy atom. The van der Waals surface area contributed by atoms with Gasteiger partial charge >= 0.3 is 6.09 Å². The number of halogens is 1. The van der Waals surface area contributed by atoms with E-state index < -0.39 is 11.7 Å². The molecule has 0 saturated carbocycles. The van der Waals surface area contributed by atoms with Crippen molar-refractivity contribution in [3.05, 3.63) is 111 Å². The highest BCUT2D eigenvalue weighted by Gasteiger charge is 2.18. The predicted octanol–water partition coefficient (Wildman–Crippen LogP) is 7.97. The van der Waals surface area contributed by atoms with Gasteiger partial charge in [-0.05, 0) is 69.9 Å². The Labute approximate surface area is 284 Å². The van der Waals surface area contributed by atoms with Crippen LogP contribution in [-0.4, -0.2) is 39.8 Å². The van der Waals surface area contributed by atoms with E-state index in [2.05, 4.69) is 22.8 Å². The Kier molecular flexibility index (Phi) is 16.3. The van der Waals surface area contributed by atoms with Crippen molar-refractivity contribution >= 4 is 34.2 Å². The molecule has 1 unspecified atom stereocenters.